The molecule has 0 spiro atoms. The lowest BCUT2D eigenvalue weighted by Gasteiger charge is -2.25. The summed E-state index contributed by atoms with van der Waals surface area (Å²) in [5, 5.41) is 19.7. The minimum atomic E-state index is -0.554. The second-order valence-electron chi connectivity index (χ2n) is 4.16. The highest BCUT2D eigenvalue weighted by atomic mass is 16.6. The molecule has 7 heteroatoms. The van der Waals surface area contributed by atoms with Crippen molar-refractivity contribution in [2.24, 2.45) is 5.73 Å². The summed E-state index contributed by atoms with van der Waals surface area (Å²) in [4.78, 5) is 16.1. The Morgan fingerprint density at radius 2 is 2.50 bits per heavy atom. The van der Waals surface area contributed by atoms with Gasteiger partial charge in [0.05, 0.1) is 4.92 Å². The summed E-state index contributed by atoms with van der Waals surface area (Å²) in [6.45, 7) is 1.27. The molecule has 0 radical (unpaired) electrons. The van der Waals surface area contributed by atoms with Gasteiger partial charge in [-0.25, -0.2) is 4.98 Å². The van der Waals surface area contributed by atoms with Gasteiger partial charge in [0.1, 0.15) is 23.6 Å². The number of aromatic nitrogens is 1. The molecule has 1 fully saturated rings. The lowest BCUT2D eigenvalue weighted by molar-refractivity contribution is -0.385. The maximum atomic E-state index is 10.6. The number of anilines is 1. The number of nitrogens with zero attached hydrogens (tertiary/aromatic N) is 4. The van der Waals surface area contributed by atoms with Crippen molar-refractivity contribution in [2.75, 3.05) is 18.0 Å². The first kappa shape index (κ1) is 12.3. The van der Waals surface area contributed by atoms with E-state index in [4.69, 9.17) is 11.0 Å². The second-order valence-corrected chi connectivity index (χ2v) is 4.16. The number of hydrogen-bond acceptors (Lipinski definition) is 6. The molecule has 1 saturated heterocycles. The molecule has 2 heterocycles. The van der Waals surface area contributed by atoms with Gasteiger partial charge >= 0.3 is 0 Å². The van der Waals surface area contributed by atoms with Crippen LogP contribution in [0.15, 0.2) is 12.3 Å². The normalized spacial score (nSPS) is 18.7. The van der Waals surface area contributed by atoms with Crippen LogP contribution in [0.4, 0.5) is 11.5 Å². The summed E-state index contributed by atoms with van der Waals surface area (Å²) in [6.07, 6.45) is 3.13. The van der Waals surface area contributed by atoms with Crippen molar-refractivity contribution >= 4 is 11.5 Å². The van der Waals surface area contributed by atoms with Gasteiger partial charge in [-0.15, -0.1) is 0 Å². The molecule has 0 aromatic carbocycles. The number of rotatable bonds is 3. The van der Waals surface area contributed by atoms with Crippen molar-refractivity contribution in [2.45, 2.75) is 18.9 Å². The average molecular weight is 247 g/mol. The van der Waals surface area contributed by atoms with Crippen LogP contribution in [0, 0.1) is 21.4 Å². The Morgan fingerprint density at radius 3 is 3.11 bits per heavy atom. The Morgan fingerprint density at radius 1 is 1.72 bits per heavy atom. The van der Waals surface area contributed by atoms with Crippen LogP contribution in [0.25, 0.3) is 0 Å². The molecule has 0 aliphatic carbocycles. The maximum absolute atomic E-state index is 10.6. The zero-order valence-corrected chi connectivity index (χ0v) is 9.74. The zero-order chi connectivity index (χ0) is 13.1. The number of nitriles is 1. The Balaban J connectivity index is 2.39. The molecule has 1 atom stereocenters. The number of pyridine rings is 1. The summed E-state index contributed by atoms with van der Waals surface area (Å²) in [5.74, 6) is 0.496. The van der Waals surface area contributed by atoms with E-state index in [9.17, 15) is 10.1 Å². The predicted octanol–water partition coefficient (Wildman–Crippen LogP) is 0.789. The number of hydrogen-bond donors (Lipinski definition) is 1. The summed E-state index contributed by atoms with van der Waals surface area (Å²) in [7, 11) is 0. The smallest absolute Gasteiger partial charge is 0.289 e. The molecule has 94 valence electrons. The van der Waals surface area contributed by atoms with E-state index in [1.54, 1.807) is 0 Å². The van der Waals surface area contributed by atoms with Crippen molar-refractivity contribution in [1.82, 2.24) is 4.98 Å². The van der Waals surface area contributed by atoms with Gasteiger partial charge in [0.2, 0.25) is 0 Å². The molecule has 1 unspecified atom stereocenters. The van der Waals surface area contributed by atoms with E-state index in [1.807, 2.05) is 11.0 Å². The first-order valence-electron chi connectivity index (χ1n) is 5.68. The Bertz CT molecular complexity index is 511. The predicted molar refractivity (Wildman–Crippen MR) is 65.0 cm³/mol. The van der Waals surface area contributed by atoms with Crippen molar-refractivity contribution < 1.29 is 4.92 Å². The van der Waals surface area contributed by atoms with E-state index in [-0.39, 0.29) is 17.3 Å². The highest BCUT2D eigenvalue weighted by Crippen LogP contribution is 2.28. The number of nitro groups is 1. The molecule has 2 rings (SSSR count). The van der Waals surface area contributed by atoms with Crippen LogP contribution in [0.1, 0.15) is 18.4 Å². The van der Waals surface area contributed by atoms with Gasteiger partial charge in [0.15, 0.2) is 0 Å². The third-order valence-electron chi connectivity index (χ3n) is 3.10. The van der Waals surface area contributed by atoms with Crippen LogP contribution >= 0.6 is 0 Å². The summed E-state index contributed by atoms with van der Waals surface area (Å²) in [6, 6.07) is 3.38. The van der Waals surface area contributed by atoms with Crippen molar-refractivity contribution in [3.63, 3.8) is 0 Å². The molecular weight excluding hydrogens is 234 g/mol. The molecule has 18 heavy (non-hydrogen) atoms. The third kappa shape index (κ3) is 2.10. The summed E-state index contributed by atoms with van der Waals surface area (Å²) >= 11 is 0. The number of nitrogens with two attached hydrogens (primary N) is 1. The van der Waals surface area contributed by atoms with Gasteiger partial charge in [0.25, 0.3) is 5.69 Å². The molecule has 1 aliphatic rings. The highest BCUT2D eigenvalue weighted by Gasteiger charge is 2.27. The Hall–Kier alpha value is -2.20. The van der Waals surface area contributed by atoms with Crippen molar-refractivity contribution in [3.8, 4) is 6.07 Å². The van der Waals surface area contributed by atoms with Crippen LogP contribution in [-0.2, 0) is 0 Å². The lowest BCUT2D eigenvalue weighted by Crippen LogP contribution is -2.36. The monoisotopic (exact) mass is 247 g/mol. The van der Waals surface area contributed by atoms with Crippen LogP contribution < -0.4 is 10.6 Å². The van der Waals surface area contributed by atoms with E-state index in [0.717, 1.165) is 19.4 Å². The van der Waals surface area contributed by atoms with Gasteiger partial charge in [-0.1, -0.05) is 0 Å². The summed E-state index contributed by atoms with van der Waals surface area (Å²) < 4.78 is 0. The van der Waals surface area contributed by atoms with E-state index in [2.05, 4.69) is 4.98 Å². The minimum Gasteiger partial charge on any atom is -0.351 e. The second kappa shape index (κ2) is 4.98. The van der Waals surface area contributed by atoms with Crippen LogP contribution in [0.3, 0.4) is 0 Å². The minimum absolute atomic E-state index is 0.158. The van der Waals surface area contributed by atoms with E-state index < -0.39 is 4.92 Å². The van der Waals surface area contributed by atoms with Crippen LogP contribution in [0.5, 0.6) is 0 Å². The molecule has 0 bridgehead atoms. The molecule has 1 aromatic heterocycles. The van der Waals surface area contributed by atoms with Gasteiger partial charge in [-0.05, 0) is 12.8 Å². The topological polar surface area (TPSA) is 109 Å². The standard InChI is InChI=1S/C11H13N5O2/c12-5-8-4-10(16(17)18)7-14-11(8)15-3-1-2-9(15)6-13/h4,7,9H,1-3,6,13H2. The fourth-order valence-corrected chi connectivity index (χ4v) is 2.22. The van der Waals surface area contributed by atoms with E-state index >= 15 is 0 Å². The SMILES string of the molecule is N#Cc1cc([N+](=O)[O-])cnc1N1CCCC1CN. The molecule has 0 amide bonds. The van der Waals surface area contributed by atoms with Gasteiger partial charge in [-0.2, -0.15) is 5.26 Å². The lowest BCUT2D eigenvalue weighted by atomic mass is 10.2. The van der Waals surface area contributed by atoms with Crippen molar-refractivity contribution in [1.29, 1.82) is 5.26 Å². The van der Waals surface area contributed by atoms with E-state index in [0.29, 0.717) is 12.4 Å². The zero-order valence-electron chi connectivity index (χ0n) is 9.74. The Labute approximate surface area is 104 Å². The largest absolute Gasteiger partial charge is 0.351 e. The molecule has 7 nitrogen and oxygen atoms in total. The molecule has 1 aromatic rings. The Kier molecular flexibility index (Phi) is 3.39. The fourth-order valence-electron chi connectivity index (χ4n) is 2.22. The van der Waals surface area contributed by atoms with Crippen LogP contribution in [0.2, 0.25) is 0 Å². The third-order valence-corrected chi connectivity index (χ3v) is 3.10. The molecule has 0 saturated carbocycles. The molecule has 1 aliphatic heterocycles. The highest BCUT2D eigenvalue weighted by molar-refractivity contribution is 5.58. The van der Waals surface area contributed by atoms with Crippen molar-refractivity contribution in [3.05, 3.63) is 27.9 Å². The van der Waals surface area contributed by atoms with E-state index in [1.165, 1.54) is 12.3 Å². The molecule has 2 N–H and O–H groups in total. The van der Waals surface area contributed by atoms with Crippen LogP contribution in [-0.4, -0.2) is 29.0 Å². The first-order valence-corrected chi connectivity index (χ1v) is 5.68. The van der Waals surface area contributed by atoms with Gasteiger partial charge in [0, 0.05) is 25.2 Å². The quantitative estimate of drug-likeness (QED) is 0.624. The first-order chi connectivity index (χ1) is 8.67. The van der Waals surface area contributed by atoms with Gasteiger partial charge < -0.3 is 10.6 Å². The van der Waals surface area contributed by atoms with Gasteiger partial charge in [-0.3, -0.25) is 10.1 Å². The maximum Gasteiger partial charge on any atom is 0.289 e. The summed E-state index contributed by atoms with van der Waals surface area (Å²) in [5.41, 5.74) is 5.73. The average Bonchev–Trinajstić information content (AvgIpc) is 2.85. The fraction of sp³-hybridized carbons (Fsp3) is 0.455. The molecular formula is C11H13N5O2.